The van der Waals surface area contributed by atoms with E-state index in [1.54, 1.807) is 6.07 Å². The number of benzene rings is 1. The molecule has 2 bridgehead atoms. The van der Waals surface area contributed by atoms with Crippen molar-refractivity contribution >= 4 is 23.9 Å². The molecule has 2 aliphatic carbocycles. The molecule has 1 aromatic carbocycles. The van der Waals surface area contributed by atoms with Gasteiger partial charge in [0, 0.05) is 18.0 Å². The monoisotopic (exact) mass is 591 g/mol. The van der Waals surface area contributed by atoms with Gasteiger partial charge in [-0.3, -0.25) is 0 Å². The predicted molar refractivity (Wildman–Crippen MR) is 138 cm³/mol. The fourth-order valence-corrected chi connectivity index (χ4v) is 6.63. The van der Waals surface area contributed by atoms with Crippen molar-refractivity contribution in [1.29, 1.82) is 0 Å². The van der Waals surface area contributed by atoms with Crippen molar-refractivity contribution in [1.82, 2.24) is 4.90 Å². The second-order valence-electron chi connectivity index (χ2n) is 11.1. The molecule has 1 spiro atoms. The van der Waals surface area contributed by atoms with Crippen molar-refractivity contribution in [2.24, 2.45) is 0 Å². The van der Waals surface area contributed by atoms with E-state index in [0.717, 1.165) is 25.0 Å². The van der Waals surface area contributed by atoms with E-state index in [1.165, 1.54) is 13.2 Å². The van der Waals surface area contributed by atoms with Gasteiger partial charge in [-0.2, -0.15) is 0 Å². The fourth-order valence-electron chi connectivity index (χ4n) is 6.63. The molecule has 4 N–H and O–H groups in total. The number of rotatable bonds is 9. The van der Waals surface area contributed by atoms with Crippen molar-refractivity contribution in [3.05, 3.63) is 35.1 Å². The largest absolute Gasteiger partial charge is 0.493 e. The van der Waals surface area contributed by atoms with E-state index >= 15 is 0 Å². The van der Waals surface area contributed by atoms with Crippen LogP contribution in [0.5, 0.6) is 11.5 Å². The zero-order valence-corrected chi connectivity index (χ0v) is 23.4. The van der Waals surface area contributed by atoms with Gasteiger partial charge < -0.3 is 49.0 Å². The van der Waals surface area contributed by atoms with Gasteiger partial charge in [-0.05, 0) is 58.0 Å². The van der Waals surface area contributed by atoms with Gasteiger partial charge in [0.15, 0.2) is 42.0 Å². The third kappa shape index (κ3) is 4.32. The van der Waals surface area contributed by atoms with Gasteiger partial charge in [0.05, 0.1) is 18.1 Å². The van der Waals surface area contributed by atoms with E-state index in [9.17, 15) is 34.5 Å². The van der Waals surface area contributed by atoms with E-state index in [0.29, 0.717) is 30.9 Å². The number of carbonyl (C=O) groups excluding carboxylic acids is 3. The lowest BCUT2D eigenvalue weighted by Gasteiger charge is -2.61. The van der Waals surface area contributed by atoms with Crippen LogP contribution < -0.4 is 9.47 Å². The molecule has 14 nitrogen and oxygen atoms in total. The lowest BCUT2D eigenvalue weighted by atomic mass is 9.50. The average Bonchev–Trinajstić information content (AvgIpc) is 3.31. The molecule has 2 heterocycles. The van der Waals surface area contributed by atoms with E-state index in [2.05, 4.69) is 9.64 Å². The molecule has 0 amide bonds. The highest BCUT2D eigenvalue weighted by Gasteiger charge is 2.72. The molecule has 0 radical (unpaired) electrons. The number of aliphatic carboxylic acids is 1. The highest BCUT2D eigenvalue weighted by molar-refractivity contribution is 5.88. The Balaban J connectivity index is 1.34. The summed E-state index contributed by atoms with van der Waals surface area (Å²) in [6.45, 7) is 2.78. The number of hydrogen-bond acceptors (Lipinski definition) is 13. The van der Waals surface area contributed by atoms with Crippen LogP contribution in [0.2, 0.25) is 0 Å². The van der Waals surface area contributed by atoms with Crippen molar-refractivity contribution < 1.29 is 63.3 Å². The van der Waals surface area contributed by atoms with E-state index in [1.807, 2.05) is 13.1 Å². The molecule has 1 aromatic rings. The maximum Gasteiger partial charge on any atom is 0.347 e. The minimum absolute atomic E-state index is 0.00157. The quantitative estimate of drug-likeness (QED) is 0.205. The van der Waals surface area contributed by atoms with Crippen LogP contribution in [0.15, 0.2) is 24.0 Å². The van der Waals surface area contributed by atoms with Crippen LogP contribution in [0.1, 0.15) is 37.8 Å². The maximum atomic E-state index is 13.0. The molecule has 0 saturated carbocycles. The molecular weight excluding hydrogens is 558 g/mol. The molecule has 1 saturated heterocycles. The Kier molecular flexibility index (Phi) is 7.46. The van der Waals surface area contributed by atoms with Crippen molar-refractivity contribution in [3.8, 4) is 11.5 Å². The van der Waals surface area contributed by atoms with Gasteiger partial charge in [0.25, 0.3) is 0 Å². The number of carbonyl (C=O) groups is 4. The molecule has 0 unspecified atom stereocenters. The average molecular weight is 592 g/mol. The van der Waals surface area contributed by atoms with Gasteiger partial charge in [-0.1, -0.05) is 6.07 Å². The van der Waals surface area contributed by atoms with Gasteiger partial charge in [0.2, 0.25) is 0 Å². The Morgan fingerprint density at radius 2 is 1.71 bits per heavy atom. The minimum atomic E-state index is -2.44. The van der Waals surface area contributed by atoms with E-state index in [4.69, 9.17) is 24.1 Å². The molecule has 0 aromatic heterocycles. The number of nitrogens with zero attached hydrogens (tertiary/aromatic N) is 1. The Bertz CT molecular complexity index is 1360. The van der Waals surface area contributed by atoms with Crippen molar-refractivity contribution in [2.75, 3.05) is 20.7 Å². The van der Waals surface area contributed by atoms with Crippen molar-refractivity contribution in [2.45, 2.75) is 80.7 Å². The molecule has 42 heavy (non-hydrogen) atoms. The third-order valence-corrected chi connectivity index (χ3v) is 8.82. The first-order chi connectivity index (χ1) is 19.8. The topological polar surface area (TPSA) is 199 Å². The number of carboxylic acid groups (broad SMARTS) is 1. The van der Waals surface area contributed by atoms with Gasteiger partial charge in [-0.15, -0.1) is 0 Å². The normalized spacial score (nSPS) is 29.9. The Morgan fingerprint density at radius 3 is 2.38 bits per heavy atom. The minimum Gasteiger partial charge on any atom is -0.493 e. The van der Waals surface area contributed by atoms with Gasteiger partial charge in [-0.25, -0.2) is 19.2 Å². The highest BCUT2D eigenvalue weighted by atomic mass is 16.6. The summed E-state index contributed by atoms with van der Waals surface area (Å²) in [5.41, 5.74) is -0.485. The SMILES string of the molecule is COc1ccc2c3c1O[C@H]1C(OC(=O)[C@H](O)[C@@H](O)C(=O)O[C@@H](C)C(=O)O[C@@H](C)C(=O)O)=CC[C@@]4(O)[C@@H](C2)N(C)CC[C@]314. The van der Waals surface area contributed by atoms with Gasteiger partial charge >= 0.3 is 23.9 Å². The first-order valence-corrected chi connectivity index (χ1v) is 13.5. The zero-order chi connectivity index (χ0) is 30.7. The molecule has 5 rings (SSSR count). The number of carboxylic acids is 1. The molecule has 4 aliphatic rings. The van der Waals surface area contributed by atoms with Crippen LogP contribution in [0.25, 0.3) is 0 Å². The summed E-state index contributed by atoms with van der Waals surface area (Å²) in [5, 5.41) is 41.8. The molecule has 14 heteroatoms. The fraction of sp³-hybridized carbons (Fsp3) is 0.571. The zero-order valence-electron chi connectivity index (χ0n) is 23.4. The summed E-state index contributed by atoms with van der Waals surface area (Å²) in [6.07, 6.45) is -6.33. The van der Waals surface area contributed by atoms with Crippen LogP contribution in [0, 0.1) is 0 Å². The number of aliphatic hydroxyl groups excluding tert-OH is 2. The number of esters is 3. The maximum absolute atomic E-state index is 13.0. The van der Waals surface area contributed by atoms with Crippen molar-refractivity contribution in [3.63, 3.8) is 0 Å². The summed E-state index contributed by atoms with van der Waals surface area (Å²) in [4.78, 5) is 50.3. The van der Waals surface area contributed by atoms with E-state index in [-0.39, 0.29) is 18.2 Å². The summed E-state index contributed by atoms with van der Waals surface area (Å²) < 4.78 is 26.7. The molecule has 228 valence electrons. The number of methoxy groups -OCH3 is 1. The number of likely N-dealkylation sites (N-methyl/N-ethyl adjacent to an activating group) is 1. The number of hydrogen-bond donors (Lipinski definition) is 4. The summed E-state index contributed by atoms with van der Waals surface area (Å²) in [5.74, 6) is -4.69. The second kappa shape index (κ2) is 10.5. The smallest absolute Gasteiger partial charge is 0.347 e. The van der Waals surface area contributed by atoms with Gasteiger partial charge in [0.1, 0.15) is 5.76 Å². The van der Waals surface area contributed by atoms with Crippen LogP contribution >= 0.6 is 0 Å². The highest BCUT2D eigenvalue weighted by Crippen LogP contribution is 2.65. The molecule has 8 atom stereocenters. The molecule has 1 fully saturated rings. The summed E-state index contributed by atoms with van der Waals surface area (Å²) >= 11 is 0. The third-order valence-electron chi connectivity index (χ3n) is 8.82. The number of likely N-dealkylation sites (tertiary alicyclic amines) is 1. The lowest BCUT2D eigenvalue weighted by molar-refractivity contribution is -0.185. The van der Waals surface area contributed by atoms with Crippen LogP contribution in [-0.2, 0) is 45.2 Å². The lowest BCUT2D eigenvalue weighted by Crippen LogP contribution is -2.74. The van der Waals surface area contributed by atoms with E-state index < -0.39 is 65.4 Å². The Labute approximate surface area is 240 Å². The standard InChI is InChI=1S/C28H33NO13/c1-12(23(32)33)39-24(34)13(2)40-25(35)19(30)20(31)26(36)41-16-7-8-28(37)17-11-14-5-6-15(38-4)21-18(14)27(28,22(16)42-21)9-10-29(17)3/h5-7,12-13,17,19-20,22,30-31,37H,8-11H2,1-4H3,(H,32,33)/t12-,13-,17+,19+,20+,22-,27-,28+/m0/s1. The second-order valence-corrected chi connectivity index (χ2v) is 11.1. The first kappa shape index (κ1) is 29.8. The number of ether oxygens (including phenoxy) is 5. The predicted octanol–water partition coefficient (Wildman–Crippen LogP) is -0.814. The number of piperidine rings is 1. The summed E-state index contributed by atoms with van der Waals surface area (Å²) in [6, 6.07) is 3.47. The van der Waals surface area contributed by atoms with Crippen LogP contribution in [-0.4, -0.2) is 112 Å². The Hall–Kier alpha value is -3.72. The Morgan fingerprint density at radius 1 is 1.05 bits per heavy atom. The molecular formula is C28H33NO13. The summed E-state index contributed by atoms with van der Waals surface area (Å²) in [7, 11) is 3.44. The molecule has 2 aliphatic heterocycles. The number of aliphatic hydroxyl groups is 3. The van der Waals surface area contributed by atoms with Crippen LogP contribution in [0.4, 0.5) is 0 Å². The van der Waals surface area contributed by atoms with Crippen LogP contribution in [0.3, 0.4) is 0 Å². The first-order valence-electron chi connectivity index (χ1n) is 13.5.